The summed E-state index contributed by atoms with van der Waals surface area (Å²) in [6.45, 7) is 3.86. The SMILES string of the molecule is CCCCCCCCCCCCNC(=O)c1ccccc1C(=O)O.CN(C)CCO. The fraction of sp³-hybridized carbons (Fsp3) is 0.667. The fourth-order valence-corrected chi connectivity index (χ4v) is 2.98. The summed E-state index contributed by atoms with van der Waals surface area (Å²) in [4.78, 5) is 25.1. The Morgan fingerprint density at radius 1 is 0.867 bits per heavy atom. The molecule has 3 N–H and O–H groups in total. The third-order valence-electron chi connectivity index (χ3n) is 4.77. The van der Waals surface area contributed by atoms with Crippen LogP contribution in [0.4, 0.5) is 0 Å². The molecule has 0 unspecified atom stereocenters. The van der Waals surface area contributed by atoms with Gasteiger partial charge in [0, 0.05) is 13.1 Å². The lowest BCUT2D eigenvalue weighted by molar-refractivity contribution is 0.0691. The highest BCUT2D eigenvalue weighted by molar-refractivity contribution is 6.04. The lowest BCUT2D eigenvalue weighted by Gasteiger charge is -2.07. The van der Waals surface area contributed by atoms with Gasteiger partial charge in [0.2, 0.25) is 0 Å². The number of hydrogen-bond donors (Lipinski definition) is 3. The molecular weight excluding hydrogens is 380 g/mol. The van der Waals surface area contributed by atoms with E-state index in [1.54, 1.807) is 18.2 Å². The first kappa shape index (κ1) is 28.1. The molecule has 0 aliphatic carbocycles. The van der Waals surface area contributed by atoms with Crippen molar-refractivity contribution in [3.8, 4) is 0 Å². The van der Waals surface area contributed by atoms with Gasteiger partial charge in [-0.3, -0.25) is 4.79 Å². The molecule has 0 saturated heterocycles. The van der Waals surface area contributed by atoms with Crippen LogP contribution < -0.4 is 5.32 Å². The molecule has 0 aliphatic rings. The number of aromatic carboxylic acids is 1. The van der Waals surface area contributed by atoms with Crippen LogP contribution in [0.1, 0.15) is 91.8 Å². The molecule has 1 aromatic rings. The van der Waals surface area contributed by atoms with Crippen molar-refractivity contribution in [3.63, 3.8) is 0 Å². The minimum absolute atomic E-state index is 0.0538. The molecule has 172 valence electrons. The number of carboxylic acid groups (broad SMARTS) is 1. The molecule has 0 fully saturated rings. The molecule has 0 heterocycles. The Labute approximate surface area is 182 Å². The van der Waals surface area contributed by atoms with E-state index in [4.69, 9.17) is 10.2 Å². The first-order valence-corrected chi connectivity index (χ1v) is 11.3. The molecule has 0 aromatic heterocycles. The molecule has 0 saturated carbocycles. The predicted octanol–water partition coefficient (Wildman–Crippen LogP) is 4.58. The van der Waals surface area contributed by atoms with Gasteiger partial charge in [-0.05, 0) is 32.6 Å². The number of carbonyl (C=O) groups is 2. The normalized spacial score (nSPS) is 10.4. The second kappa shape index (κ2) is 19.1. The number of nitrogens with zero attached hydrogens (tertiary/aromatic N) is 1. The van der Waals surface area contributed by atoms with E-state index in [1.807, 2.05) is 19.0 Å². The summed E-state index contributed by atoms with van der Waals surface area (Å²) >= 11 is 0. The highest BCUT2D eigenvalue weighted by Crippen LogP contribution is 2.11. The van der Waals surface area contributed by atoms with Gasteiger partial charge in [-0.1, -0.05) is 76.8 Å². The molecule has 0 bridgehead atoms. The Morgan fingerprint density at radius 2 is 1.37 bits per heavy atom. The summed E-state index contributed by atoms with van der Waals surface area (Å²) in [6, 6.07) is 6.32. The third-order valence-corrected chi connectivity index (χ3v) is 4.77. The number of aliphatic hydroxyl groups is 1. The van der Waals surface area contributed by atoms with Crippen LogP contribution in [-0.4, -0.2) is 60.8 Å². The summed E-state index contributed by atoms with van der Waals surface area (Å²) in [5, 5.41) is 20.1. The van der Waals surface area contributed by atoms with E-state index < -0.39 is 5.97 Å². The Balaban J connectivity index is 0.00000122. The van der Waals surface area contributed by atoms with Gasteiger partial charge in [-0.2, -0.15) is 0 Å². The lowest BCUT2D eigenvalue weighted by atomic mass is 10.1. The van der Waals surface area contributed by atoms with Crippen LogP contribution in [0.15, 0.2) is 24.3 Å². The molecule has 0 aliphatic heterocycles. The van der Waals surface area contributed by atoms with E-state index in [0.29, 0.717) is 6.54 Å². The summed E-state index contributed by atoms with van der Waals surface area (Å²) < 4.78 is 0. The van der Waals surface area contributed by atoms with Crippen LogP contribution in [-0.2, 0) is 0 Å². The Hall–Kier alpha value is -1.92. The number of rotatable bonds is 15. The van der Waals surface area contributed by atoms with Gasteiger partial charge in [-0.15, -0.1) is 0 Å². The number of likely N-dealkylation sites (N-methyl/N-ethyl adjacent to an activating group) is 1. The largest absolute Gasteiger partial charge is 0.478 e. The fourth-order valence-electron chi connectivity index (χ4n) is 2.98. The highest BCUT2D eigenvalue weighted by Gasteiger charge is 2.14. The van der Waals surface area contributed by atoms with Gasteiger partial charge >= 0.3 is 5.97 Å². The monoisotopic (exact) mass is 422 g/mol. The van der Waals surface area contributed by atoms with E-state index in [9.17, 15) is 9.59 Å². The lowest BCUT2D eigenvalue weighted by Crippen LogP contribution is -2.26. The second-order valence-electron chi connectivity index (χ2n) is 7.82. The van der Waals surface area contributed by atoms with Crippen molar-refractivity contribution in [2.45, 2.75) is 71.1 Å². The van der Waals surface area contributed by atoms with Crippen molar-refractivity contribution < 1.29 is 19.8 Å². The molecule has 1 amide bonds. The minimum Gasteiger partial charge on any atom is -0.478 e. The molecule has 1 aromatic carbocycles. The molecule has 0 spiro atoms. The molecule has 30 heavy (non-hydrogen) atoms. The smallest absolute Gasteiger partial charge is 0.336 e. The van der Waals surface area contributed by atoms with Crippen LogP contribution in [0.2, 0.25) is 0 Å². The summed E-state index contributed by atoms with van der Waals surface area (Å²) in [6.07, 6.45) is 12.5. The predicted molar refractivity (Wildman–Crippen MR) is 123 cm³/mol. The zero-order valence-corrected chi connectivity index (χ0v) is 19.2. The Bertz CT molecular complexity index is 576. The molecule has 1 rings (SSSR count). The number of hydrogen-bond acceptors (Lipinski definition) is 4. The maximum Gasteiger partial charge on any atom is 0.336 e. The number of benzene rings is 1. The zero-order chi connectivity index (χ0) is 22.6. The van der Waals surface area contributed by atoms with Gasteiger partial charge in [0.15, 0.2) is 0 Å². The average Bonchev–Trinajstić information content (AvgIpc) is 2.72. The Morgan fingerprint density at radius 3 is 1.80 bits per heavy atom. The van der Waals surface area contributed by atoms with E-state index in [-0.39, 0.29) is 23.6 Å². The maximum absolute atomic E-state index is 12.1. The average molecular weight is 423 g/mol. The van der Waals surface area contributed by atoms with Gasteiger partial charge in [0.1, 0.15) is 0 Å². The van der Waals surface area contributed by atoms with Crippen molar-refractivity contribution in [1.82, 2.24) is 10.2 Å². The van der Waals surface area contributed by atoms with Crippen molar-refractivity contribution >= 4 is 11.9 Å². The van der Waals surface area contributed by atoms with Crippen LogP contribution in [0.25, 0.3) is 0 Å². The van der Waals surface area contributed by atoms with Crippen molar-refractivity contribution in [2.75, 3.05) is 33.8 Å². The van der Waals surface area contributed by atoms with Gasteiger partial charge in [-0.25, -0.2) is 4.79 Å². The number of amides is 1. The van der Waals surface area contributed by atoms with E-state index in [0.717, 1.165) is 19.4 Å². The van der Waals surface area contributed by atoms with Crippen LogP contribution in [0.5, 0.6) is 0 Å². The molecule has 6 heteroatoms. The molecule has 0 atom stereocenters. The van der Waals surface area contributed by atoms with E-state index in [2.05, 4.69) is 12.2 Å². The second-order valence-corrected chi connectivity index (χ2v) is 7.82. The van der Waals surface area contributed by atoms with Crippen LogP contribution in [0, 0.1) is 0 Å². The van der Waals surface area contributed by atoms with Crippen molar-refractivity contribution in [3.05, 3.63) is 35.4 Å². The number of carbonyl (C=O) groups excluding carboxylic acids is 1. The van der Waals surface area contributed by atoms with Crippen LogP contribution >= 0.6 is 0 Å². The van der Waals surface area contributed by atoms with Crippen molar-refractivity contribution in [2.24, 2.45) is 0 Å². The molecule has 6 nitrogen and oxygen atoms in total. The topological polar surface area (TPSA) is 89.9 Å². The summed E-state index contributed by atoms with van der Waals surface area (Å²) in [5.74, 6) is -1.37. The quantitative estimate of drug-likeness (QED) is 0.360. The highest BCUT2D eigenvalue weighted by atomic mass is 16.4. The molecule has 0 radical (unpaired) electrons. The van der Waals surface area contributed by atoms with E-state index >= 15 is 0 Å². The van der Waals surface area contributed by atoms with Crippen LogP contribution in [0.3, 0.4) is 0 Å². The maximum atomic E-state index is 12.1. The zero-order valence-electron chi connectivity index (χ0n) is 19.2. The minimum atomic E-state index is -1.07. The first-order chi connectivity index (χ1) is 14.4. The number of nitrogens with one attached hydrogen (secondary N) is 1. The summed E-state index contributed by atoms with van der Waals surface area (Å²) in [7, 11) is 3.85. The summed E-state index contributed by atoms with van der Waals surface area (Å²) in [5.41, 5.74) is 0.287. The van der Waals surface area contributed by atoms with Crippen molar-refractivity contribution in [1.29, 1.82) is 0 Å². The number of aliphatic hydroxyl groups excluding tert-OH is 1. The Kier molecular flexibility index (Phi) is 17.8. The molecular formula is C24H42N2O4. The number of carboxylic acids is 1. The number of unbranched alkanes of at least 4 members (excludes halogenated alkanes) is 9. The standard InChI is InChI=1S/C20H31NO3.C4H11NO/c1-2-3-4-5-6-7-8-9-10-13-16-21-19(22)17-14-11-12-15-18(17)20(23)24;1-5(2)3-4-6/h11-12,14-15H,2-10,13,16H2,1H3,(H,21,22)(H,23,24);6H,3-4H2,1-2H3. The first-order valence-electron chi connectivity index (χ1n) is 11.3. The van der Waals surface area contributed by atoms with Gasteiger partial charge in [0.25, 0.3) is 5.91 Å². The van der Waals surface area contributed by atoms with Gasteiger partial charge < -0.3 is 20.4 Å². The van der Waals surface area contributed by atoms with Gasteiger partial charge in [0.05, 0.1) is 17.7 Å². The van der Waals surface area contributed by atoms with E-state index in [1.165, 1.54) is 57.4 Å². The third kappa shape index (κ3) is 15.0.